The minimum absolute atomic E-state index is 0.0777. The SMILES string of the molecule is O=C(NC[C@@H](O)c1ccccc1Cl)[C@@H]1CSCN1. The van der Waals surface area contributed by atoms with Crippen LogP contribution in [0.5, 0.6) is 0 Å². The fourth-order valence-electron chi connectivity index (χ4n) is 1.74. The average molecular weight is 287 g/mol. The van der Waals surface area contributed by atoms with Crippen LogP contribution in [0.4, 0.5) is 0 Å². The topological polar surface area (TPSA) is 61.4 Å². The second kappa shape index (κ2) is 6.43. The third-order valence-corrected chi connectivity index (χ3v) is 4.05. The van der Waals surface area contributed by atoms with E-state index in [2.05, 4.69) is 10.6 Å². The molecule has 1 aliphatic heterocycles. The highest BCUT2D eigenvalue weighted by Crippen LogP contribution is 2.21. The zero-order valence-corrected chi connectivity index (χ0v) is 11.3. The maximum absolute atomic E-state index is 11.7. The highest BCUT2D eigenvalue weighted by atomic mass is 35.5. The number of carbonyl (C=O) groups excluding carboxylic acids is 1. The van der Waals surface area contributed by atoms with Crippen LogP contribution in [-0.2, 0) is 4.79 Å². The summed E-state index contributed by atoms with van der Waals surface area (Å²) >= 11 is 7.66. The summed E-state index contributed by atoms with van der Waals surface area (Å²) in [5.74, 6) is 1.49. The van der Waals surface area contributed by atoms with E-state index < -0.39 is 6.10 Å². The number of aliphatic hydroxyl groups is 1. The molecule has 1 heterocycles. The lowest BCUT2D eigenvalue weighted by Crippen LogP contribution is -2.43. The van der Waals surface area contributed by atoms with Gasteiger partial charge in [0.2, 0.25) is 5.91 Å². The molecule has 18 heavy (non-hydrogen) atoms. The van der Waals surface area contributed by atoms with Crippen molar-refractivity contribution in [2.75, 3.05) is 18.2 Å². The molecule has 3 N–H and O–H groups in total. The number of benzene rings is 1. The van der Waals surface area contributed by atoms with Crippen molar-refractivity contribution in [3.05, 3.63) is 34.9 Å². The molecule has 4 nitrogen and oxygen atoms in total. The number of amides is 1. The Labute approximate surface area is 115 Å². The lowest BCUT2D eigenvalue weighted by Gasteiger charge is -2.15. The Balaban J connectivity index is 1.86. The molecule has 1 aromatic rings. The first-order valence-corrected chi connectivity index (χ1v) is 7.23. The second-order valence-electron chi connectivity index (χ2n) is 4.05. The molecule has 0 aromatic heterocycles. The van der Waals surface area contributed by atoms with Crippen molar-refractivity contribution in [2.24, 2.45) is 0 Å². The quantitative estimate of drug-likeness (QED) is 0.777. The molecule has 1 fully saturated rings. The van der Waals surface area contributed by atoms with E-state index >= 15 is 0 Å². The summed E-state index contributed by atoms with van der Waals surface area (Å²) in [7, 11) is 0. The van der Waals surface area contributed by atoms with E-state index in [1.807, 2.05) is 0 Å². The molecule has 0 unspecified atom stereocenters. The lowest BCUT2D eigenvalue weighted by molar-refractivity contribution is -0.122. The second-order valence-corrected chi connectivity index (χ2v) is 5.49. The standard InChI is InChI=1S/C12H15ClN2O2S/c13-9-4-2-1-3-8(9)11(16)5-14-12(17)10-6-18-7-15-10/h1-4,10-11,15-16H,5-7H2,(H,14,17)/t10-,11+/m0/s1. The summed E-state index contributed by atoms with van der Waals surface area (Å²) in [6.07, 6.45) is -0.781. The lowest BCUT2D eigenvalue weighted by atomic mass is 10.1. The van der Waals surface area contributed by atoms with Crippen molar-refractivity contribution < 1.29 is 9.90 Å². The Bertz CT molecular complexity index is 424. The largest absolute Gasteiger partial charge is 0.387 e. The fraction of sp³-hybridized carbons (Fsp3) is 0.417. The van der Waals surface area contributed by atoms with Gasteiger partial charge in [-0.05, 0) is 6.07 Å². The minimum atomic E-state index is -0.781. The zero-order valence-electron chi connectivity index (χ0n) is 9.73. The molecule has 0 saturated carbocycles. The molecule has 2 rings (SSSR count). The highest BCUT2D eigenvalue weighted by molar-refractivity contribution is 7.99. The number of carbonyl (C=O) groups is 1. The van der Waals surface area contributed by atoms with Gasteiger partial charge in [-0.15, -0.1) is 11.8 Å². The molecule has 1 aliphatic rings. The maximum Gasteiger partial charge on any atom is 0.238 e. The molecule has 0 aliphatic carbocycles. The Kier molecular flexibility index (Phi) is 4.88. The van der Waals surface area contributed by atoms with E-state index in [1.165, 1.54) is 0 Å². The van der Waals surface area contributed by atoms with Crippen LogP contribution in [0.1, 0.15) is 11.7 Å². The van der Waals surface area contributed by atoms with Gasteiger partial charge in [-0.1, -0.05) is 29.8 Å². The molecule has 1 amide bonds. The Morgan fingerprint density at radius 1 is 1.61 bits per heavy atom. The molecule has 0 spiro atoms. The molecular weight excluding hydrogens is 272 g/mol. The van der Waals surface area contributed by atoms with E-state index in [-0.39, 0.29) is 18.5 Å². The number of thioether (sulfide) groups is 1. The number of halogens is 1. The molecule has 1 aromatic carbocycles. The normalized spacial score (nSPS) is 20.7. The predicted molar refractivity (Wildman–Crippen MR) is 73.7 cm³/mol. The van der Waals surface area contributed by atoms with Crippen molar-refractivity contribution >= 4 is 29.3 Å². The van der Waals surface area contributed by atoms with E-state index in [0.717, 1.165) is 11.6 Å². The highest BCUT2D eigenvalue weighted by Gasteiger charge is 2.23. The third kappa shape index (κ3) is 3.38. The third-order valence-electron chi connectivity index (χ3n) is 2.77. The smallest absolute Gasteiger partial charge is 0.238 e. The summed E-state index contributed by atoms with van der Waals surface area (Å²) in [6, 6.07) is 6.92. The summed E-state index contributed by atoms with van der Waals surface area (Å²) in [5, 5.41) is 16.3. The summed E-state index contributed by atoms with van der Waals surface area (Å²) < 4.78 is 0. The number of nitrogens with one attached hydrogen (secondary N) is 2. The average Bonchev–Trinajstić information content (AvgIpc) is 2.90. The molecular formula is C12H15ClN2O2S. The van der Waals surface area contributed by atoms with Gasteiger partial charge in [0.05, 0.1) is 12.1 Å². The fourth-order valence-corrected chi connectivity index (χ4v) is 2.94. The Morgan fingerprint density at radius 2 is 2.39 bits per heavy atom. The van der Waals surface area contributed by atoms with Gasteiger partial charge >= 0.3 is 0 Å². The summed E-state index contributed by atoms with van der Waals surface area (Å²) in [4.78, 5) is 11.7. The van der Waals surface area contributed by atoms with E-state index in [9.17, 15) is 9.90 Å². The van der Waals surface area contributed by atoms with Gasteiger partial charge in [0, 0.05) is 28.8 Å². The molecule has 0 radical (unpaired) electrons. The molecule has 2 atom stereocenters. The Hall–Kier alpha value is -0.750. The van der Waals surface area contributed by atoms with Crippen LogP contribution < -0.4 is 10.6 Å². The summed E-state index contributed by atoms with van der Waals surface area (Å²) in [6.45, 7) is 0.172. The van der Waals surface area contributed by atoms with Crippen molar-refractivity contribution in [3.63, 3.8) is 0 Å². The number of hydrogen-bond donors (Lipinski definition) is 3. The molecule has 1 saturated heterocycles. The van der Waals surface area contributed by atoms with Gasteiger partial charge in [-0.25, -0.2) is 0 Å². The Morgan fingerprint density at radius 3 is 3.06 bits per heavy atom. The van der Waals surface area contributed by atoms with Crippen LogP contribution >= 0.6 is 23.4 Å². The van der Waals surface area contributed by atoms with Crippen molar-refractivity contribution in [1.29, 1.82) is 0 Å². The number of rotatable bonds is 4. The predicted octanol–water partition coefficient (Wildman–Crippen LogP) is 1.15. The summed E-state index contributed by atoms with van der Waals surface area (Å²) in [5.41, 5.74) is 0.633. The first-order chi connectivity index (χ1) is 8.68. The van der Waals surface area contributed by atoms with Gasteiger partial charge in [0.1, 0.15) is 0 Å². The minimum Gasteiger partial charge on any atom is -0.387 e. The zero-order chi connectivity index (χ0) is 13.0. The van der Waals surface area contributed by atoms with Crippen LogP contribution in [0, 0.1) is 0 Å². The van der Waals surface area contributed by atoms with Crippen LogP contribution in [0.25, 0.3) is 0 Å². The van der Waals surface area contributed by atoms with Crippen LogP contribution in [0.15, 0.2) is 24.3 Å². The van der Waals surface area contributed by atoms with Gasteiger partial charge < -0.3 is 10.4 Å². The van der Waals surface area contributed by atoms with Crippen molar-refractivity contribution in [2.45, 2.75) is 12.1 Å². The monoisotopic (exact) mass is 286 g/mol. The number of aliphatic hydroxyl groups excluding tert-OH is 1. The maximum atomic E-state index is 11.7. The van der Waals surface area contributed by atoms with Gasteiger partial charge in [0.25, 0.3) is 0 Å². The number of hydrogen-bond acceptors (Lipinski definition) is 4. The molecule has 0 bridgehead atoms. The van der Waals surface area contributed by atoms with Crippen LogP contribution in [0.2, 0.25) is 5.02 Å². The van der Waals surface area contributed by atoms with E-state index in [4.69, 9.17) is 11.6 Å². The van der Waals surface area contributed by atoms with Crippen LogP contribution in [0.3, 0.4) is 0 Å². The first kappa shape index (κ1) is 13.7. The van der Waals surface area contributed by atoms with Crippen molar-refractivity contribution in [3.8, 4) is 0 Å². The van der Waals surface area contributed by atoms with Crippen LogP contribution in [-0.4, -0.2) is 35.2 Å². The first-order valence-electron chi connectivity index (χ1n) is 5.70. The van der Waals surface area contributed by atoms with Gasteiger partial charge in [-0.3, -0.25) is 10.1 Å². The van der Waals surface area contributed by atoms with Gasteiger partial charge in [0.15, 0.2) is 0 Å². The molecule has 6 heteroatoms. The van der Waals surface area contributed by atoms with E-state index in [1.54, 1.807) is 36.0 Å². The van der Waals surface area contributed by atoms with Crippen molar-refractivity contribution in [1.82, 2.24) is 10.6 Å². The molecule has 98 valence electrons. The van der Waals surface area contributed by atoms with E-state index in [0.29, 0.717) is 10.6 Å². The van der Waals surface area contributed by atoms with Gasteiger partial charge in [-0.2, -0.15) is 0 Å².